The lowest BCUT2D eigenvalue weighted by atomic mass is 10.1. The maximum atomic E-state index is 12.8. The quantitative estimate of drug-likeness (QED) is 0.0212. The van der Waals surface area contributed by atoms with Gasteiger partial charge in [-0.1, -0.05) is 164 Å². The summed E-state index contributed by atoms with van der Waals surface area (Å²) in [5.74, 6) is -2.05. The van der Waals surface area contributed by atoms with Crippen LogP contribution in [-0.2, 0) is 33.3 Å². The Kier molecular flexibility index (Phi) is 42.0. The molecule has 0 heterocycles. The molecule has 1 N–H and O–H groups in total. The number of nitrogens with zero attached hydrogens (tertiary/aromatic N) is 1. The third kappa shape index (κ3) is 44.8. The summed E-state index contributed by atoms with van der Waals surface area (Å²) in [6, 6.07) is 0. The Bertz CT molecular complexity index is 1240. The van der Waals surface area contributed by atoms with Gasteiger partial charge in [-0.3, -0.25) is 9.59 Å². The highest BCUT2D eigenvalue weighted by Gasteiger charge is 2.25. The van der Waals surface area contributed by atoms with Crippen LogP contribution in [0.25, 0.3) is 0 Å². The maximum Gasteiger partial charge on any atom is 0.361 e. The predicted octanol–water partition coefficient (Wildman–Crippen LogP) is 13.5. The van der Waals surface area contributed by atoms with Gasteiger partial charge in [0, 0.05) is 12.8 Å². The van der Waals surface area contributed by atoms with E-state index in [0.29, 0.717) is 17.4 Å². The fraction of sp³-hybridized carbons (Fsp3) is 0.717. The fourth-order valence-electron chi connectivity index (χ4n) is 6.39. The van der Waals surface area contributed by atoms with Crippen molar-refractivity contribution in [2.75, 3.05) is 47.5 Å². The van der Waals surface area contributed by atoms with Crippen molar-refractivity contribution < 1.29 is 42.9 Å². The zero-order valence-corrected chi connectivity index (χ0v) is 40.3. The lowest BCUT2D eigenvalue weighted by Crippen LogP contribution is -2.40. The highest BCUT2D eigenvalue weighted by molar-refractivity contribution is 5.71. The molecule has 0 bridgehead atoms. The molecule has 0 aliphatic heterocycles. The molecule has 0 saturated heterocycles. The third-order valence-corrected chi connectivity index (χ3v) is 10.2. The van der Waals surface area contributed by atoms with Gasteiger partial charge in [0.05, 0.1) is 34.4 Å². The largest absolute Gasteiger partial charge is 0.477 e. The molecule has 0 aliphatic rings. The van der Waals surface area contributed by atoms with Gasteiger partial charge in [-0.25, -0.2) is 4.79 Å². The number of carbonyl (C=O) groups is 3. The summed E-state index contributed by atoms with van der Waals surface area (Å²) in [5, 5.41) is 9.66. The lowest BCUT2D eigenvalue weighted by molar-refractivity contribution is -0.870. The number of carboxylic acid groups (broad SMARTS) is 1. The molecule has 0 spiro atoms. The SMILES string of the molecule is CC/C=C\C/C=C\C/C=C\C/C=C\C/C=C\CCCCCCCC(=O)OC(COC(=O)CCCCCCC/C=C\CCCCCCCCC)COC(OCC[N+](C)(C)C)C(=O)O. The Hall–Kier alpha value is -3.27. The van der Waals surface area contributed by atoms with Crippen LogP contribution in [0, 0.1) is 0 Å². The predicted molar refractivity (Wildman–Crippen MR) is 258 cm³/mol. The van der Waals surface area contributed by atoms with Gasteiger partial charge in [0.1, 0.15) is 13.2 Å². The summed E-state index contributed by atoms with van der Waals surface area (Å²) in [6.07, 6.45) is 52.4. The summed E-state index contributed by atoms with van der Waals surface area (Å²) >= 11 is 0. The number of carbonyl (C=O) groups excluding carboxylic acids is 2. The molecule has 0 aliphatic carbocycles. The summed E-state index contributed by atoms with van der Waals surface area (Å²) in [4.78, 5) is 37.2. The van der Waals surface area contributed by atoms with Crippen LogP contribution in [0.3, 0.4) is 0 Å². The van der Waals surface area contributed by atoms with E-state index in [4.69, 9.17) is 18.9 Å². The number of esters is 2. The molecule has 0 saturated carbocycles. The zero-order valence-electron chi connectivity index (χ0n) is 40.3. The molecule has 0 rings (SSSR count). The summed E-state index contributed by atoms with van der Waals surface area (Å²) in [7, 11) is 5.94. The van der Waals surface area contributed by atoms with Crippen molar-refractivity contribution in [3.8, 4) is 0 Å². The number of rotatable bonds is 44. The molecule has 0 aromatic carbocycles. The van der Waals surface area contributed by atoms with Crippen LogP contribution in [0.15, 0.2) is 72.9 Å². The van der Waals surface area contributed by atoms with Crippen molar-refractivity contribution in [1.29, 1.82) is 0 Å². The summed E-state index contributed by atoms with van der Waals surface area (Å²) in [6.45, 7) is 4.71. The Labute approximate surface area is 379 Å². The zero-order chi connectivity index (χ0) is 45.6. The highest BCUT2D eigenvalue weighted by atomic mass is 16.7. The first-order valence-electron chi connectivity index (χ1n) is 24.6. The van der Waals surface area contributed by atoms with E-state index in [1.165, 1.54) is 51.4 Å². The van der Waals surface area contributed by atoms with Gasteiger partial charge in [0.15, 0.2) is 6.10 Å². The smallest absolute Gasteiger partial charge is 0.361 e. The van der Waals surface area contributed by atoms with Gasteiger partial charge in [0.25, 0.3) is 6.29 Å². The van der Waals surface area contributed by atoms with Crippen molar-refractivity contribution in [3.63, 3.8) is 0 Å². The van der Waals surface area contributed by atoms with E-state index >= 15 is 0 Å². The monoisotopic (exact) mass is 871 g/mol. The minimum absolute atomic E-state index is 0.179. The molecular formula is C53H92NO8+. The summed E-state index contributed by atoms with van der Waals surface area (Å²) in [5.41, 5.74) is 0. The normalized spacial score (nSPS) is 13.5. The van der Waals surface area contributed by atoms with Crippen LogP contribution in [0.1, 0.15) is 187 Å². The van der Waals surface area contributed by atoms with Crippen LogP contribution in [-0.4, -0.2) is 87.4 Å². The van der Waals surface area contributed by atoms with Crippen LogP contribution in [0.5, 0.6) is 0 Å². The molecule has 356 valence electrons. The van der Waals surface area contributed by atoms with E-state index in [1.54, 1.807) is 0 Å². The minimum Gasteiger partial charge on any atom is -0.477 e. The molecule has 0 aromatic heterocycles. The van der Waals surface area contributed by atoms with Crippen molar-refractivity contribution in [3.05, 3.63) is 72.9 Å². The van der Waals surface area contributed by atoms with Crippen LogP contribution >= 0.6 is 0 Å². The molecule has 2 unspecified atom stereocenters. The van der Waals surface area contributed by atoms with Gasteiger partial charge < -0.3 is 28.5 Å². The molecule has 0 radical (unpaired) electrons. The first-order chi connectivity index (χ1) is 30.1. The fourth-order valence-corrected chi connectivity index (χ4v) is 6.39. The molecule has 9 nitrogen and oxygen atoms in total. The van der Waals surface area contributed by atoms with Crippen LogP contribution in [0.4, 0.5) is 0 Å². The number of hydrogen-bond acceptors (Lipinski definition) is 7. The number of allylic oxidation sites excluding steroid dienone is 12. The van der Waals surface area contributed by atoms with E-state index in [9.17, 15) is 19.5 Å². The van der Waals surface area contributed by atoms with Crippen molar-refractivity contribution in [1.82, 2.24) is 0 Å². The van der Waals surface area contributed by atoms with E-state index in [2.05, 4.69) is 86.8 Å². The highest BCUT2D eigenvalue weighted by Crippen LogP contribution is 2.13. The van der Waals surface area contributed by atoms with Crippen LogP contribution in [0.2, 0.25) is 0 Å². The average molecular weight is 871 g/mol. The van der Waals surface area contributed by atoms with E-state index in [1.807, 2.05) is 21.1 Å². The molecular weight excluding hydrogens is 779 g/mol. The second-order valence-electron chi connectivity index (χ2n) is 17.4. The molecule has 2 atom stereocenters. The molecule has 0 fully saturated rings. The van der Waals surface area contributed by atoms with Crippen molar-refractivity contribution >= 4 is 17.9 Å². The van der Waals surface area contributed by atoms with Gasteiger partial charge >= 0.3 is 17.9 Å². The number of ether oxygens (including phenoxy) is 4. The van der Waals surface area contributed by atoms with Crippen LogP contribution < -0.4 is 0 Å². The third-order valence-electron chi connectivity index (χ3n) is 10.2. The summed E-state index contributed by atoms with van der Waals surface area (Å²) < 4.78 is 22.8. The van der Waals surface area contributed by atoms with Crippen molar-refractivity contribution in [2.24, 2.45) is 0 Å². The maximum absolute atomic E-state index is 12.8. The lowest BCUT2D eigenvalue weighted by Gasteiger charge is -2.25. The standard InChI is InChI=1S/C53H91NO8/c1-6-8-10-12-14-16-18-20-22-24-25-26-27-28-30-32-34-36-38-40-42-44-51(56)62-49(48-61-53(52(57)58)59-46-45-54(3,4)5)47-60-50(55)43-41-39-37-35-33-31-29-23-21-19-17-15-13-11-9-7-2/h8,10,14,16,20,22-23,25-26,28-30,49,53H,6-7,9,11-13,15,17-19,21,24,27,31-48H2,1-5H3/p+1/b10-8-,16-14-,22-20-,26-25-,29-23-,30-28-. The van der Waals surface area contributed by atoms with E-state index in [0.717, 1.165) is 103 Å². The number of unbranched alkanes of at least 4 members (excludes halogenated alkanes) is 17. The van der Waals surface area contributed by atoms with Gasteiger partial charge in [-0.05, 0) is 83.5 Å². The second kappa shape index (κ2) is 44.3. The number of likely N-dealkylation sites (N-methyl/N-ethyl adjacent to an activating group) is 1. The Morgan fingerprint density at radius 3 is 1.39 bits per heavy atom. The second-order valence-corrected chi connectivity index (χ2v) is 17.4. The van der Waals surface area contributed by atoms with Gasteiger partial charge in [0.2, 0.25) is 0 Å². The number of carboxylic acids is 1. The number of hydrogen-bond donors (Lipinski definition) is 1. The average Bonchev–Trinajstić information content (AvgIpc) is 3.23. The first-order valence-corrected chi connectivity index (χ1v) is 24.6. The Morgan fingerprint density at radius 1 is 0.500 bits per heavy atom. The van der Waals surface area contributed by atoms with E-state index < -0.39 is 24.3 Å². The van der Waals surface area contributed by atoms with Gasteiger partial charge in [-0.15, -0.1) is 0 Å². The molecule has 0 aromatic rings. The first kappa shape index (κ1) is 58.7. The van der Waals surface area contributed by atoms with Gasteiger partial charge in [-0.2, -0.15) is 0 Å². The number of quaternary nitrogens is 1. The minimum atomic E-state index is -1.52. The Morgan fingerprint density at radius 2 is 0.919 bits per heavy atom. The topological polar surface area (TPSA) is 108 Å². The van der Waals surface area contributed by atoms with Crippen molar-refractivity contribution in [2.45, 2.75) is 200 Å². The Balaban J connectivity index is 4.45. The molecule has 9 heteroatoms. The number of aliphatic carboxylic acids is 1. The molecule has 0 amide bonds. The van der Waals surface area contributed by atoms with E-state index in [-0.39, 0.29) is 38.6 Å². The molecule has 62 heavy (non-hydrogen) atoms.